The van der Waals surface area contributed by atoms with E-state index >= 15 is 0 Å². The summed E-state index contributed by atoms with van der Waals surface area (Å²) in [5, 5.41) is 6.69. The lowest BCUT2D eigenvalue weighted by Gasteiger charge is -2.33. The van der Waals surface area contributed by atoms with Crippen molar-refractivity contribution in [3.05, 3.63) is 41.8 Å². The maximum absolute atomic E-state index is 12.9. The lowest BCUT2D eigenvalue weighted by atomic mass is 10.0. The Morgan fingerprint density at radius 1 is 1.46 bits per heavy atom. The van der Waals surface area contributed by atoms with E-state index in [4.69, 9.17) is 9.26 Å². The molecule has 2 amide bonds. The molecule has 1 saturated heterocycles. The minimum atomic E-state index is -0.849. The summed E-state index contributed by atoms with van der Waals surface area (Å²) in [7, 11) is 1.63. The molecule has 9 heteroatoms. The third-order valence-corrected chi connectivity index (χ3v) is 4.03. The molecule has 0 spiro atoms. The summed E-state index contributed by atoms with van der Waals surface area (Å²) in [5.74, 6) is 0.502. The summed E-state index contributed by atoms with van der Waals surface area (Å²) in [6.45, 7) is 3.91. The molecular formula is C17H21N5O4. The van der Waals surface area contributed by atoms with Gasteiger partial charge >= 0.3 is 0 Å². The van der Waals surface area contributed by atoms with Gasteiger partial charge in [-0.05, 0) is 11.6 Å². The van der Waals surface area contributed by atoms with E-state index in [9.17, 15) is 9.59 Å². The fourth-order valence-corrected chi connectivity index (χ4v) is 2.66. The minimum Gasteiger partial charge on any atom is -0.356 e. The first kappa shape index (κ1) is 18.0. The van der Waals surface area contributed by atoms with Crippen LogP contribution in [0.25, 0.3) is 0 Å². The number of pyridine rings is 1. The van der Waals surface area contributed by atoms with Crippen molar-refractivity contribution in [3.63, 3.8) is 0 Å². The second-order valence-electron chi connectivity index (χ2n) is 6.46. The predicted molar refractivity (Wildman–Crippen MR) is 89.7 cm³/mol. The molecule has 0 bridgehead atoms. The quantitative estimate of drug-likeness (QED) is 0.841. The van der Waals surface area contributed by atoms with E-state index in [-0.39, 0.29) is 30.9 Å². The summed E-state index contributed by atoms with van der Waals surface area (Å²) in [4.78, 5) is 34.4. The van der Waals surface area contributed by atoms with Crippen LogP contribution in [0.5, 0.6) is 0 Å². The zero-order chi connectivity index (χ0) is 18.7. The Kier molecular flexibility index (Phi) is 5.27. The fourth-order valence-electron chi connectivity index (χ4n) is 2.66. The molecule has 1 aliphatic rings. The van der Waals surface area contributed by atoms with Gasteiger partial charge in [-0.2, -0.15) is 4.98 Å². The molecule has 3 heterocycles. The van der Waals surface area contributed by atoms with E-state index in [0.29, 0.717) is 17.3 Å². The molecule has 2 aromatic rings. The molecule has 1 N–H and O–H groups in total. The van der Waals surface area contributed by atoms with E-state index < -0.39 is 12.1 Å². The molecule has 1 fully saturated rings. The van der Waals surface area contributed by atoms with Crippen LogP contribution >= 0.6 is 0 Å². The maximum Gasteiger partial charge on any atom is 0.254 e. The summed E-state index contributed by atoms with van der Waals surface area (Å²) in [5.41, 5.74) is 0.703. The van der Waals surface area contributed by atoms with Gasteiger partial charge in [-0.1, -0.05) is 25.1 Å². The van der Waals surface area contributed by atoms with Crippen LogP contribution in [0.2, 0.25) is 0 Å². The molecule has 26 heavy (non-hydrogen) atoms. The number of hydrogen-bond donors (Lipinski definition) is 1. The molecule has 138 valence electrons. The van der Waals surface area contributed by atoms with Gasteiger partial charge in [0.2, 0.25) is 11.8 Å². The second kappa shape index (κ2) is 7.61. The van der Waals surface area contributed by atoms with E-state index in [1.54, 1.807) is 31.6 Å². The Balaban J connectivity index is 1.74. The molecule has 0 aromatic carbocycles. The molecule has 0 unspecified atom stereocenters. The largest absolute Gasteiger partial charge is 0.356 e. The number of carbonyl (C=O) groups is 2. The monoisotopic (exact) mass is 359 g/mol. The fraction of sp³-hybridized carbons (Fsp3) is 0.471. The van der Waals surface area contributed by atoms with Gasteiger partial charge in [0.25, 0.3) is 5.91 Å². The standard InChI is InChI=1S/C17H21N5O4/c1-10(2)16-19-12(21-26-16)8-22(3)17(24)15-14(20-13(23)9-25-15)11-5-4-6-18-7-11/h4-7,10,14-15H,8-9H2,1-3H3,(H,20,23)/t14-,15+/m1/s1. The van der Waals surface area contributed by atoms with Crippen molar-refractivity contribution < 1.29 is 18.8 Å². The third-order valence-electron chi connectivity index (χ3n) is 4.03. The maximum atomic E-state index is 12.9. The van der Waals surface area contributed by atoms with E-state index in [2.05, 4.69) is 20.4 Å². The summed E-state index contributed by atoms with van der Waals surface area (Å²) in [6, 6.07) is 2.94. The van der Waals surface area contributed by atoms with Crippen molar-refractivity contribution in [3.8, 4) is 0 Å². The number of hydrogen-bond acceptors (Lipinski definition) is 7. The average Bonchev–Trinajstić information content (AvgIpc) is 3.10. The Morgan fingerprint density at radius 3 is 2.92 bits per heavy atom. The first-order valence-corrected chi connectivity index (χ1v) is 8.34. The van der Waals surface area contributed by atoms with Crippen LogP contribution < -0.4 is 5.32 Å². The van der Waals surface area contributed by atoms with Gasteiger partial charge in [-0.3, -0.25) is 14.6 Å². The van der Waals surface area contributed by atoms with Crippen LogP contribution in [0.1, 0.15) is 43.1 Å². The van der Waals surface area contributed by atoms with Crippen LogP contribution in [-0.4, -0.2) is 51.6 Å². The zero-order valence-corrected chi connectivity index (χ0v) is 14.9. The summed E-state index contributed by atoms with van der Waals surface area (Å²) in [6.07, 6.45) is 2.38. The lowest BCUT2D eigenvalue weighted by molar-refractivity contribution is -0.154. The SMILES string of the molecule is CC(C)c1nc(CN(C)C(=O)[C@H]2OCC(=O)N[C@@H]2c2cccnc2)no1. The first-order valence-electron chi connectivity index (χ1n) is 8.34. The molecule has 0 aliphatic carbocycles. The highest BCUT2D eigenvalue weighted by atomic mass is 16.5. The van der Waals surface area contributed by atoms with Crippen LogP contribution in [0.15, 0.2) is 29.0 Å². The first-order chi connectivity index (χ1) is 12.5. The van der Waals surface area contributed by atoms with Crippen molar-refractivity contribution in [2.75, 3.05) is 13.7 Å². The van der Waals surface area contributed by atoms with E-state index in [0.717, 1.165) is 0 Å². The molecule has 0 saturated carbocycles. The van der Waals surface area contributed by atoms with Gasteiger partial charge in [-0.25, -0.2) is 0 Å². The highest BCUT2D eigenvalue weighted by Gasteiger charge is 2.38. The number of nitrogens with one attached hydrogen (secondary N) is 1. The molecule has 2 aromatic heterocycles. The van der Waals surface area contributed by atoms with Crippen molar-refractivity contribution in [1.82, 2.24) is 25.3 Å². The number of aromatic nitrogens is 3. The number of nitrogens with zero attached hydrogens (tertiary/aromatic N) is 4. The topological polar surface area (TPSA) is 110 Å². The van der Waals surface area contributed by atoms with Crippen molar-refractivity contribution in [2.45, 2.75) is 38.5 Å². The number of ether oxygens (including phenoxy) is 1. The van der Waals surface area contributed by atoms with Crippen LogP contribution in [0.3, 0.4) is 0 Å². The molecular weight excluding hydrogens is 338 g/mol. The number of morpholine rings is 1. The van der Waals surface area contributed by atoms with Crippen LogP contribution in [-0.2, 0) is 20.9 Å². The van der Waals surface area contributed by atoms with Gasteiger partial charge < -0.3 is 19.5 Å². The Bertz CT molecular complexity index is 776. The van der Waals surface area contributed by atoms with Gasteiger partial charge in [-0.15, -0.1) is 0 Å². The molecule has 9 nitrogen and oxygen atoms in total. The smallest absolute Gasteiger partial charge is 0.254 e. The minimum absolute atomic E-state index is 0.115. The molecule has 3 rings (SSSR count). The normalized spacial score (nSPS) is 20.1. The second-order valence-corrected chi connectivity index (χ2v) is 6.46. The van der Waals surface area contributed by atoms with Crippen LogP contribution in [0.4, 0.5) is 0 Å². The number of likely N-dealkylation sites (N-methyl/N-ethyl adjacent to an activating group) is 1. The van der Waals surface area contributed by atoms with Gasteiger partial charge in [0.15, 0.2) is 11.9 Å². The Hall–Kier alpha value is -2.81. The Morgan fingerprint density at radius 2 is 2.27 bits per heavy atom. The molecule has 1 aliphatic heterocycles. The molecule has 0 radical (unpaired) electrons. The van der Waals surface area contributed by atoms with Gasteiger partial charge in [0.1, 0.15) is 6.61 Å². The van der Waals surface area contributed by atoms with Crippen molar-refractivity contribution in [2.24, 2.45) is 0 Å². The van der Waals surface area contributed by atoms with Crippen molar-refractivity contribution >= 4 is 11.8 Å². The van der Waals surface area contributed by atoms with Crippen molar-refractivity contribution in [1.29, 1.82) is 0 Å². The van der Waals surface area contributed by atoms with Crippen LogP contribution in [0, 0.1) is 0 Å². The zero-order valence-electron chi connectivity index (χ0n) is 14.9. The highest BCUT2D eigenvalue weighted by molar-refractivity contribution is 5.86. The number of rotatable bonds is 5. The Labute approximate surface area is 150 Å². The van der Waals surface area contributed by atoms with Gasteiger partial charge in [0, 0.05) is 25.4 Å². The summed E-state index contributed by atoms with van der Waals surface area (Å²) < 4.78 is 10.7. The average molecular weight is 359 g/mol. The van der Waals surface area contributed by atoms with E-state index in [1.807, 2.05) is 13.8 Å². The predicted octanol–water partition coefficient (Wildman–Crippen LogP) is 0.803. The highest BCUT2D eigenvalue weighted by Crippen LogP contribution is 2.23. The lowest BCUT2D eigenvalue weighted by Crippen LogP contribution is -2.52. The number of amides is 2. The van der Waals surface area contributed by atoms with Gasteiger partial charge in [0.05, 0.1) is 12.6 Å². The number of carbonyl (C=O) groups excluding carboxylic acids is 2. The molecule has 2 atom stereocenters. The summed E-state index contributed by atoms with van der Waals surface area (Å²) >= 11 is 0. The third kappa shape index (κ3) is 3.88. The van der Waals surface area contributed by atoms with E-state index in [1.165, 1.54) is 4.90 Å².